The van der Waals surface area contributed by atoms with Crippen LogP contribution < -0.4 is 0 Å². The second kappa shape index (κ2) is 12.0. The van der Waals surface area contributed by atoms with Gasteiger partial charge in [0.05, 0.1) is 51.4 Å². The number of hydrogen-bond donors (Lipinski definition) is 0. The quantitative estimate of drug-likeness (QED) is 0.174. The van der Waals surface area contributed by atoms with E-state index < -0.39 is 0 Å². The van der Waals surface area contributed by atoms with Gasteiger partial charge in [-0.25, -0.2) is 15.0 Å². The van der Waals surface area contributed by atoms with Crippen molar-refractivity contribution in [1.82, 2.24) is 38.2 Å². The number of aromatic nitrogens is 8. The van der Waals surface area contributed by atoms with Crippen LogP contribution in [0.15, 0.2) is 182 Å². The summed E-state index contributed by atoms with van der Waals surface area (Å²) in [7, 11) is 0. The lowest BCUT2D eigenvalue weighted by atomic mass is 10.1. The van der Waals surface area contributed by atoms with E-state index in [1.807, 2.05) is 48.9 Å². The average Bonchev–Trinajstić information content (AvgIpc) is 4.02. The Kier molecular flexibility index (Phi) is 6.69. The van der Waals surface area contributed by atoms with Gasteiger partial charge in [-0.15, -0.1) is 0 Å². The second-order valence-corrected chi connectivity index (χ2v) is 13.2. The van der Waals surface area contributed by atoms with E-state index in [1.165, 1.54) is 0 Å². The molecule has 0 atom stereocenters. The number of nitrogens with zero attached hydrogens (tertiary/aromatic N) is 8. The van der Waals surface area contributed by atoms with Crippen LogP contribution in [-0.4, -0.2) is 38.2 Å². The Hall–Kier alpha value is -7.58. The monoisotopic (exact) mass is 694 g/mol. The molecule has 0 fully saturated rings. The van der Waals surface area contributed by atoms with E-state index in [0.717, 1.165) is 89.8 Å². The minimum atomic E-state index is 0.744. The van der Waals surface area contributed by atoms with Gasteiger partial charge in [-0.1, -0.05) is 115 Å². The minimum Gasteiger partial charge on any atom is -0.278 e. The van der Waals surface area contributed by atoms with Gasteiger partial charge in [0, 0.05) is 34.1 Å². The van der Waals surface area contributed by atoms with Crippen LogP contribution in [0.1, 0.15) is 0 Å². The first-order chi connectivity index (χ1) is 26.8. The Morgan fingerprint density at radius 3 is 1.43 bits per heavy atom. The van der Waals surface area contributed by atoms with Crippen LogP contribution in [0.3, 0.4) is 0 Å². The van der Waals surface area contributed by atoms with Crippen molar-refractivity contribution in [3.8, 4) is 45.8 Å². The molecular formula is C46H30N8. The number of benzene rings is 5. The van der Waals surface area contributed by atoms with E-state index in [1.54, 1.807) is 0 Å². The lowest BCUT2D eigenvalue weighted by Gasteiger charge is -2.15. The highest BCUT2D eigenvalue weighted by molar-refractivity contribution is 6.14. The summed E-state index contributed by atoms with van der Waals surface area (Å²) in [5.41, 5.74) is 12.4. The molecule has 11 rings (SSSR count). The molecular weight excluding hydrogens is 665 g/mol. The molecule has 8 nitrogen and oxygen atoms in total. The van der Waals surface area contributed by atoms with Gasteiger partial charge in [-0.2, -0.15) is 0 Å². The van der Waals surface area contributed by atoms with Gasteiger partial charge in [-0.3, -0.25) is 23.3 Å². The van der Waals surface area contributed by atoms with Gasteiger partial charge in [0.1, 0.15) is 11.0 Å². The molecule has 6 heterocycles. The van der Waals surface area contributed by atoms with Crippen molar-refractivity contribution < 1.29 is 0 Å². The van der Waals surface area contributed by atoms with Gasteiger partial charge >= 0.3 is 0 Å². The Bertz CT molecular complexity index is 2930. The molecule has 0 amide bonds. The molecule has 0 aliphatic heterocycles. The molecule has 0 N–H and O–H groups in total. The predicted molar refractivity (Wildman–Crippen MR) is 216 cm³/mol. The van der Waals surface area contributed by atoms with Crippen molar-refractivity contribution in [1.29, 1.82) is 0 Å². The molecule has 0 saturated heterocycles. The van der Waals surface area contributed by atoms with Crippen LogP contribution in [0.4, 0.5) is 0 Å². The number of imidazole rings is 2. The molecule has 0 unspecified atom stereocenters. The van der Waals surface area contributed by atoms with E-state index in [9.17, 15) is 0 Å². The largest absolute Gasteiger partial charge is 0.278 e. The maximum atomic E-state index is 5.48. The Labute approximate surface area is 309 Å². The smallest absolute Gasteiger partial charge is 0.220 e. The fourth-order valence-electron chi connectivity index (χ4n) is 7.81. The standard InChI is InChI=1S/C46H30N8/c1-5-16-31(17-6-1)40-29-48-45(51(40)33-20-9-3-10-21-33)53-36-25-14-13-24-35(36)42-38(53)28-39-44(50-42)43-37(26-15-27-47-43)54(39)46-49-30-41(32-18-7-2-8-19-32)52(46)34-22-11-4-12-23-34/h1-30H. The van der Waals surface area contributed by atoms with Crippen LogP contribution in [0.2, 0.25) is 0 Å². The maximum Gasteiger partial charge on any atom is 0.220 e. The van der Waals surface area contributed by atoms with Crippen molar-refractivity contribution in [2.24, 2.45) is 0 Å². The third kappa shape index (κ3) is 4.50. The molecule has 54 heavy (non-hydrogen) atoms. The molecule has 0 aliphatic rings. The number of rotatable bonds is 6. The zero-order valence-electron chi connectivity index (χ0n) is 28.9. The number of para-hydroxylation sites is 3. The van der Waals surface area contributed by atoms with Crippen LogP contribution in [0.5, 0.6) is 0 Å². The summed E-state index contributed by atoms with van der Waals surface area (Å²) in [6, 6.07) is 56.4. The summed E-state index contributed by atoms with van der Waals surface area (Å²) < 4.78 is 8.89. The lowest BCUT2D eigenvalue weighted by molar-refractivity contribution is 0.935. The van der Waals surface area contributed by atoms with E-state index in [4.69, 9.17) is 19.9 Å². The van der Waals surface area contributed by atoms with Crippen molar-refractivity contribution in [3.05, 3.63) is 182 Å². The van der Waals surface area contributed by atoms with Crippen molar-refractivity contribution in [3.63, 3.8) is 0 Å². The summed E-state index contributed by atoms with van der Waals surface area (Å²) in [5, 5.41) is 1.03. The maximum absolute atomic E-state index is 5.48. The first-order valence-corrected chi connectivity index (χ1v) is 17.9. The zero-order valence-corrected chi connectivity index (χ0v) is 28.9. The third-order valence-electron chi connectivity index (χ3n) is 10.2. The zero-order chi connectivity index (χ0) is 35.6. The average molecular weight is 695 g/mol. The predicted octanol–water partition coefficient (Wildman–Crippen LogP) is 10.4. The fourth-order valence-corrected chi connectivity index (χ4v) is 7.81. The molecule has 0 bridgehead atoms. The summed E-state index contributed by atoms with van der Waals surface area (Å²) >= 11 is 0. The molecule has 0 radical (unpaired) electrons. The Balaban J connectivity index is 1.26. The van der Waals surface area contributed by atoms with E-state index in [0.29, 0.717) is 0 Å². The minimum absolute atomic E-state index is 0.744. The molecule has 0 aliphatic carbocycles. The fraction of sp³-hybridized carbons (Fsp3) is 0. The normalized spacial score (nSPS) is 11.7. The number of pyridine rings is 2. The summed E-state index contributed by atoms with van der Waals surface area (Å²) in [6.45, 7) is 0. The van der Waals surface area contributed by atoms with E-state index in [-0.39, 0.29) is 0 Å². The van der Waals surface area contributed by atoms with Gasteiger partial charge < -0.3 is 0 Å². The van der Waals surface area contributed by atoms with Gasteiger partial charge in [0.2, 0.25) is 11.9 Å². The molecule has 0 saturated carbocycles. The van der Waals surface area contributed by atoms with Gasteiger partial charge in [0.15, 0.2) is 0 Å². The first kappa shape index (κ1) is 30.1. The third-order valence-corrected chi connectivity index (χ3v) is 10.2. The molecule has 5 aromatic carbocycles. The molecule has 11 aromatic rings. The van der Waals surface area contributed by atoms with Gasteiger partial charge in [0.25, 0.3) is 0 Å². The van der Waals surface area contributed by atoms with Crippen LogP contribution in [0, 0.1) is 0 Å². The topological polar surface area (TPSA) is 71.3 Å². The van der Waals surface area contributed by atoms with Gasteiger partial charge in [-0.05, 0) is 48.5 Å². The first-order valence-electron chi connectivity index (χ1n) is 17.9. The molecule has 0 spiro atoms. The van der Waals surface area contributed by atoms with Crippen molar-refractivity contribution >= 4 is 44.0 Å². The SMILES string of the molecule is c1ccc(-c2cnc(-n3c4ccccc4c4nc5c6ncccc6n(-c6ncc(-c7ccccc7)n6-c6ccccc6)c5cc43)n2-c2ccccc2)cc1. The Morgan fingerprint density at radius 2 is 0.833 bits per heavy atom. The van der Waals surface area contributed by atoms with Crippen molar-refractivity contribution in [2.75, 3.05) is 0 Å². The summed E-state index contributed by atoms with van der Waals surface area (Å²) in [4.78, 5) is 20.7. The van der Waals surface area contributed by atoms with Crippen molar-refractivity contribution in [2.45, 2.75) is 0 Å². The summed E-state index contributed by atoms with van der Waals surface area (Å²) in [6.07, 6.45) is 5.76. The van der Waals surface area contributed by atoms with E-state index >= 15 is 0 Å². The molecule has 8 heteroatoms. The highest BCUT2D eigenvalue weighted by Gasteiger charge is 2.26. The van der Waals surface area contributed by atoms with Crippen LogP contribution >= 0.6 is 0 Å². The number of hydrogen-bond acceptors (Lipinski definition) is 4. The number of fused-ring (bicyclic) bond motifs is 6. The van der Waals surface area contributed by atoms with Crippen LogP contribution in [0.25, 0.3) is 89.8 Å². The summed E-state index contributed by atoms with van der Waals surface area (Å²) in [5.74, 6) is 1.51. The van der Waals surface area contributed by atoms with E-state index in [2.05, 4.69) is 152 Å². The Morgan fingerprint density at radius 1 is 0.352 bits per heavy atom. The highest BCUT2D eigenvalue weighted by atomic mass is 15.3. The van der Waals surface area contributed by atoms with Crippen LogP contribution in [-0.2, 0) is 0 Å². The molecule has 6 aromatic heterocycles. The lowest BCUT2D eigenvalue weighted by Crippen LogP contribution is -2.08. The highest BCUT2D eigenvalue weighted by Crippen LogP contribution is 2.39. The molecule has 254 valence electrons. The second-order valence-electron chi connectivity index (χ2n) is 13.2.